The Labute approximate surface area is 102 Å². The first kappa shape index (κ1) is 12.1. The molecule has 0 fully saturated rings. The van der Waals surface area contributed by atoms with E-state index in [0.29, 0.717) is 17.5 Å². The Hall–Kier alpha value is -2.37. The SMILES string of the molecule is COc1ccc(-c2[nH]n(C)c(=O)c2C=O)cc1F. The molecule has 94 valence electrons. The maximum Gasteiger partial charge on any atom is 0.277 e. The lowest BCUT2D eigenvalue weighted by Crippen LogP contribution is -2.14. The molecule has 0 bridgehead atoms. The highest BCUT2D eigenvalue weighted by Crippen LogP contribution is 2.24. The van der Waals surface area contributed by atoms with E-state index in [9.17, 15) is 14.0 Å². The van der Waals surface area contributed by atoms with Crippen LogP contribution in [0.15, 0.2) is 23.0 Å². The van der Waals surface area contributed by atoms with Gasteiger partial charge in [-0.15, -0.1) is 0 Å². The number of aromatic amines is 1. The molecule has 0 aliphatic carbocycles. The van der Waals surface area contributed by atoms with Crippen molar-refractivity contribution in [2.24, 2.45) is 7.05 Å². The Bertz CT molecular complexity index is 658. The average Bonchev–Trinajstić information content (AvgIpc) is 2.65. The molecule has 1 aromatic carbocycles. The van der Waals surface area contributed by atoms with Crippen molar-refractivity contribution in [3.63, 3.8) is 0 Å². The van der Waals surface area contributed by atoms with E-state index >= 15 is 0 Å². The highest BCUT2D eigenvalue weighted by atomic mass is 19.1. The van der Waals surface area contributed by atoms with Gasteiger partial charge in [0.2, 0.25) is 0 Å². The van der Waals surface area contributed by atoms with Crippen LogP contribution in [0.1, 0.15) is 10.4 Å². The van der Waals surface area contributed by atoms with Gasteiger partial charge in [-0.05, 0) is 18.2 Å². The van der Waals surface area contributed by atoms with Crippen LogP contribution in [0.4, 0.5) is 4.39 Å². The summed E-state index contributed by atoms with van der Waals surface area (Å²) < 4.78 is 19.5. The molecule has 1 heterocycles. The number of carbonyl (C=O) groups excluding carboxylic acids is 1. The van der Waals surface area contributed by atoms with Crippen LogP contribution in [0.25, 0.3) is 11.3 Å². The first-order valence-electron chi connectivity index (χ1n) is 5.16. The summed E-state index contributed by atoms with van der Waals surface area (Å²) in [7, 11) is 2.85. The average molecular weight is 250 g/mol. The fraction of sp³-hybridized carbons (Fsp3) is 0.167. The molecule has 5 nitrogen and oxygen atoms in total. The van der Waals surface area contributed by atoms with E-state index in [2.05, 4.69) is 5.10 Å². The third-order valence-electron chi connectivity index (χ3n) is 2.64. The molecule has 0 saturated carbocycles. The molecule has 18 heavy (non-hydrogen) atoms. The smallest absolute Gasteiger partial charge is 0.277 e. The molecule has 0 spiro atoms. The van der Waals surface area contributed by atoms with Gasteiger partial charge < -0.3 is 4.74 Å². The van der Waals surface area contributed by atoms with E-state index in [0.717, 1.165) is 0 Å². The lowest BCUT2D eigenvalue weighted by molar-refractivity contribution is 0.112. The summed E-state index contributed by atoms with van der Waals surface area (Å²) in [5.74, 6) is -0.457. The van der Waals surface area contributed by atoms with Crippen molar-refractivity contribution in [2.75, 3.05) is 7.11 Å². The molecule has 1 aromatic heterocycles. The number of carbonyl (C=O) groups is 1. The molecule has 0 radical (unpaired) electrons. The maximum atomic E-state index is 13.6. The van der Waals surface area contributed by atoms with Crippen LogP contribution in [-0.4, -0.2) is 23.2 Å². The Balaban J connectivity index is 2.62. The third-order valence-corrected chi connectivity index (χ3v) is 2.64. The van der Waals surface area contributed by atoms with Gasteiger partial charge in [-0.2, -0.15) is 0 Å². The van der Waals surface area contributed by atoms with Gasteiger partial charge in [0, 0.05) is 12.6 Å². The number of ether oxygens (including phenoxy) is 1. The monoisotopic (exact) mass is 250 g/mol. The number of hydrogen-bond donors (Lipinski definition) is 1. The van der Waals surface area contributed by atoms with Crippen molar-refractivity contribution >= 4 is 6.29 Å². The number of H-pyrrole nitrogens is 1. The summed E-state index contributed by atoms with van der Waals surface area (Å²) in [6.07, 6.45) is 0.455. The molecule has 0 aliphatic heterocycles. The van der Waals surface area contributed by atoms with Gasteiger partial charge in [-0.1, -0.05) is 0 Å². The van der Waals surface area contributed by atoms with Gasteiger partial charge in [0.05, 0.1) is 12.8 Å². The molecule has 1 N–H and O–H groups in total. The highest BCUT2D eigenvalue weighted by molar-refractivity contribution is 5.85. The van der Waals surface area contributed by atoms with E-state index in [1.165, 1.54) is 31.0 Å². The molecule has 0 amide bonds. The predicted octanol–water partition coefficient (Wildman–Crippen LogP) is 1.34. The number of benzene rings is 1. The van der Waals surface area contributed by atoms with Crippen LogP contribution < -0.4 is 10.3 Å². The molecule has 0 saturated heterocycles. The van der Waals surface area contributed by atoms with Crippen LogP contribution in [0, 0.1) is 5.82 Å². The number of rotatable bonds is 3. The van der Waals surface area contributed by atoms with Crippen LogP contribution in [0.3, 0.4) is 0 Å². The van der Waals surface area contributed by atoms with Crippen molar-refractivity contribution < 1.29 is 13.9 Å². The molecule has 0 aliphatic rings. The summed E-state index contributed by atoms with van der Waals surface area (Å²) in [4.78, 5) is 22.5. The largest absolute Gasteiger partial charge is 0.494 e. The molecule has 6 heteroatoms. The lowest BCUT2D eigenvalue weighted by atomic mass is 10.1. The number of aldehydes is 1. The minimum atomic E-state index is -0.559. The van der Waals surface area contributed by atoms with Crippen LogP contribution in [0.5, 0.6) is 5.75 Å². The minimum absolute atomic E-state index is 0.0259. The first-order valence-corrected chi connectivity index (χ1v) is 5.16. The normalized spacial score (nSPS) is 10.4. The number of aryl methyl sites for hydroxylation is 1. The summed E-state index contributed by atoms with van der Waals surface area (Å²) in [6, 6.07) is 4.21. The lowest BCUT2D eigenvalue weighted by Gasteiger charge is -2.04. The molecule has 2 aromatic rings. The van der Waals surface area contributed by atoms with Gasteiger partial charge >= 0.3 is 0 Å². The van der Waals surface area contributed by atoms with Gasteiger partial charge in [-0.25, -0.2) is 4.39 Å². The molecule has 0 atom stereocenters. The second-order valence-electron chi connectivity index (χ2n) is 3.73. The number of halogens is 1. The summed E-state index contributed by atoms with van der Waals surface area (Å²) in [5, 5.41) is 2.71. The number of nitrogens with zero attached hydrogens (tertiary/aromatic N) is 1. The van der Waals surface area contributed by atoms with Crippen LogP contribution in [-0.2, 0) is 7.05 Å². The summed E-state index contributed by atoms with van der Waals surface area (Å²) in [6.45, 7) is 0. The number of hydrogen-bond acceptors (Lipinski definition) is 3. The Kier molecular flexibility index (Phi) is 3.01. The first-order chi connectivity index (χ1) is 8.58. The highest BCUT2D eigenvalue weighted by Gasteiger charge is 2.15. The van der Waals surface area contributed by atoms with E-state index in [-0.39, 0.29) is 11.3 Å². The van der Waals surface area contributed by atoms with Crippen molar-refractivity contribution in [2.45, 2.75) is 0 Å². The van der Waals surface area contributed by atoms with Crippen molar-refractivity contribution in [1.82, 2.24) is 9.78 Å². The van der Waals surface area contributed by atoms with E-state index in [1.54, 1.807) is 6.07 Å². The van der Waals surface area contributed by atoms with E-state index in [1.807, 2.05) is 0 Å². The van der Waals surface area contributed by atoms with Crippen LogP contribution in [0.2, 0.25) is 0 Å². The number of aromatic nitrogens is 2. The molecule has 0 unspecified atom stereocenters. The van der Waals surface area contributed by atoms with Crippen molar-refractivity contribution in [3.8, 4) is 17.0 Å². The third kappa shape index (κ3) is 1.81. The summed E-state index contributed by atoms with van der Waals surface area (Å²) >= 11 is 0. The molecular formula is C12H11FN2O3. The zero-order chi connectivity index (χ0) is 13.3. The quantitative estimate of drug-likeness (QED) is 0.836. The predicted molar refractivity (Wildman–Crippen MR) is 63.4 cm³/mol. The van der Waals surface area contributed by atoms with Gasteiger partial charge in [0.25, 0.3) is 5.56 Å². The topological polar surface area (TPSA) is 64.1 Å². The minimum Gasteiger partial charge on any atom is -0.494 e. The standard InChI is InChI=1S/C12H11FN2O3/c1-15-12(17)8(6-16)11(14-15)7-3-4-10(18-2)9(13)5-7/h3-6,14H,1-2H3. The fourth-order valence-corrected chi connectivity index (χ4v) is 1.72. The number of nitrogens with one attached hydrogen (secondary N) is 1. The maximum absolute atomic E-state index is 13.6. The van der Waals surface area contributed by atoms with E-state index < -0.39 is 11.4 Å². The summed E-state index contributed by atoms with van der Waals surface area (Å²) in [5.41, 5.74) is 0.227. The number of methoxy groups -OCH3 is 1. The molecular weight excluding hydrogens is 239 g/mol. The van der Waals surface area contributed by atoms with Gasteiger partial charge in [0.1, 0.15) is 5.56 Å². The van der Waals surface area contributed by atoms with E-state index in [4.69, 9.17) is 4.74 Å². The zero-order valence-corrected chi connectivity index (χ0v) is 9.86. The zero-order valence-electron chi connectivity index (χ0n) is 9.86. The second-order valence-corrected chi connectivity index (χ2v) is 3.73. The van der Waals surface area contributed by atoms with Crippen molar-refractivity contribution in [1.29, 1.82) is 0 Å². The van der Waals surface area contributed by atoms with Crippen molar-refractivity contribution in [3.05, 3.63) is 39.9 Å². The fourth-order valence-electron chi connectivity index (χ4n) is 1.72. The van der Waals surface area contributed by atoms with Crippen LogP contribution >= 0.6 is 0 Å². The Morgan fingerprint density at radius 3 is 2.72 bits per heavy atom. The Morgan fingerprint density at radius 1 is 1.44 bits per heavy atom. The molecule has 2 rings (SSSR count). The second kappa shape index (κ2) is 4.48. The van der Waals surface area contributed by atoms with Gasteiger partial charge in [-0.3, -0.25) is 19.4 Å². The van der Waals surface area contributed by atoms with Gasteiger partial charge in [0.15, 0.2) is 17.9 Å². The Morgan fingerprint density at radius 2 is 2.17 bits per heavy atom.